The van der Waals surface area contributed by atoms with Gasteiger partial charge in [0.2, 0.25) is 0 Å². The molecule has 16 heavy (non-hydrogen) atoms. The van der Waals surface area contributed by atoms with Crippen molar-refractivity contribution in [3.63, 3.8) is 0 Å². The van der Waals surface area contributed by atoms with Crippen molar-refractivity contribution < 1.29 is 4.74 Å². The highest BCUT2D eigenvalue weighted by molar-refractivity contribution is 4.90. The van der Waals surface area contributed by atoms with E-state index >= 15 is 0 Å². The van der Waals surface area contributed by atoms with Crippen LogP contribution in [0.4, 0.5) is 0 Å². The number of nitrogens with zero attached hydrogens (tertiary/aromatic N) is 3. The molecule has 0 amide bonds. The summed E-state index contributed by atoms with van der Waals surface area (Å²) in [5, 5.41) is 4.17. The van der Waals surface area contributed by atoms with E-state index in [1.54, 1.807) is 6.33 Å². The lowest BCUT2D eigenvalue weighted by Crippen LogP contribution is -2.37. The van der Waals surface area contributed by atoms with Gasteiger partial charge in [-0.05, 0) is 20.3 Å². The highest BCUT2D eigenvalue weighted by atomic mass is 16.5. The van der Waals surface area contributed by atoms with Crippen LogP contribution in [0, 0.1) is 0 Å². The minimum atomic E-state index is -0.0280. The first-order valence-corrected chi connectivity index (χ1v) is 5.92. The summed E-state index contributed by atoms with van der Waals surface area (Å²) >= 11 is 0. The van der Waals surface area contributed by atoms with Gasteiger partial charge < -0.3 is 10.5 Å². The zero-order chi connectivity index (χ0) is 12.0. The van der Waals surface area contributed by atoms with E-state index in [0.29, 0.717) is 13.0 Å². The zero-order valence-corrected chi connectivity index (χ0v) is 10.4. The number of hydrogen-bond acceptors (Lipinski definition) is 4. The second kappa shape index (κ2) is 6.60. The van der Waals surface area contributed by atoms with Crippen molar-refractivity contribution in [2.45, 2.75) is 52.3 Å². The summed E-state index contributed by atoms with van der Waals surface area (Å²) in [6, 6.07) is -0.0280. The maximum absolute atomic E-state index is 6.05. The Kier molecular flexibility index (Phi) is 5.42. The minimum absolute atomic E-state index is 0.0280. The molecule has 0 aliphatic carbocycles. The topological polar surface area (TPSA) is 66.0 Å². The van der Waals surface area contributed by atoms with Crippen molar-refractivity contribution in [2.24, 2.45) is 5.73 Å². The first kappa shape index (κ1) is 13.1. The molecule has 5 nitrogen and oxygen atoms in total. The van der Waals surface area contributed by atoms with Crippen molar-refractivity contribution in [1.29, 1.82) is 0 Å². The van der Waals surface area contributed by atoms with Gasteiger partial charge in [-0.15, -0.1) is 0 Å². The van der Waals surface area contributed by atoms with Crippen LogP contribution in [-0.2, 0) is 17.7 Å². The van der Waals surface area contributed by atoms with Gasteiger partial charge in [-0.3, -0.25) is 4.68 Å². The first-order chi connectivity index (χ1) is 7.69. The Morgan fingerprint density at radius 1 is 1.50 bits per heavy atom. The van der Waals surface area contributed by atoms with Gasteiger partial charge in [-0.2, -0.15) is 5.10 Å². The predicted octanol–water partition coefficient (Wildman–Crippen LogP) is 0.983. The third-order valence-corrected chi connectivity index (χ3v) is 2.58. The summed E-state index contributed by atoms with van der Waals surface area (Å²) in [7, 11) is 0. The maximum atomic E-state index is 6.05. The maximum Gasteiger partial charge on any atom is 0.138 e. The van der Waals surface area contributed by atoms with E-state index < -0.39 is 0 Å². The Labute approximate surface area is 97.0 Å². The number of aryl methyl sites for hydroxylation is 1. The number of rotatable bonds is 7. The average molecular weight is 226 g/mol. The van der Waals surface area contributed by atoms with Crippen molar-refractivity contribution in [3.05, 3.63) is 12.2 Å². The van der Waals surface area contributed by atoms with Gasteiger partial charge in [0.05, 0.1) is 6.10 Å². The lowest BCUT2D eigenvalue weighted by atomic mass is 10.1. The highest BCUT2D eigenvalue weighted by Gasteiger charge is 2.16. The van der Waals surface area contributed by atoms with Crippen molar-refractivity contribution in [3.8, 4) is 0 Å². The SMILES string of the molecule is CCCn1ncnc1CC(N)C(C)OCC. The molecule has 5 heteroatoms. The summed E-state index contributed by atoms with van der Waals surface area (Å²) in [5.74, 6) is 0.945. The van der Waals surface area contributed by atoms with Crippen molar-refractivity contribution in [1.82, 2.24) is 14.8 Å². The Bertz CT molecular complexity index is 300. The van der Waals surface area contributed by atoms with Crippen LogP contribution < -0.4 is 5.73 Å². The van der Waals surface area contributed by atoms with E-state index in [2.05, 4.69) is 17.0 Å². The lowest BCUT2D eigenvalue weighted by molar-refractivity contribution is 0.0570. The van der Waals surface area contributed by atoms with Gasteiger partial charge in [0.25, 0.3) is 0 Å². The third-order valence-electron chi connectivity index (χ3n) is 2.58. The monoisotopic (exact) mass is 226 g/mol. The van der Waals surface area contributed by atoms with Crippen molar-refractivity contribution >= 4 is 0 Å². The molecule has 0 spiro atoms. The van der Waals surface area contributed by atoms with Crippen molar-refractivity contribution in [2.75, 3.05) is 6.61 Å². The predicted molar refractivity (Wildman–Crippen MR) is 63.1 cm³/mol. The fraction of sp³-hybridized carbons (Fsp3) is 0.818. The van der Waals surface area contributed by atoms with Crippen LogP contribution in [-0.4, -0.2) is 33.5 Å². The molecular formula is C11H22N4O. The Hall–Kier alpha value is -0.940. The average Bonchev–Trinajstić information content (AvgIpc) is 2.67. The Morgan fingerprint density at radius 3 is 2.88 bits per heavy atom. The molecule has 0 fully saturated rings. The molecule has 2 unspecified atom stereocenters. The van der Waals surface area contributed by atoms with Crippen LogP contribution in [0.1, 0.15) is 33.0 Å². The lowest BCUT2D eigenvalue weighted by Gasteiger charge is -2.19. The van der Waals surface area contributed by atoms with Gasteiger partial charge in [0.1, 0.15) is 12.2 Å². The van der Waals surface area contributed by atoms with E-state index in [9.17, 15) is 0 Å². The van der Waals surface area contributed by atoms with Crippen LogP contribution in [0.25, 0.3) is 0 Å². The molecule has 1 aromatic heterocycles. The molecule has 1 aromatic rings. The molecule has 0 bridgehead atoms. The summed E-state index contributed by atoms with van der Waals surface area (Å²) < 4.78 is 7.38. The van der Waals surface area contributed by atoms with Gasteiger partial charge in [-0.1, -0.05) is 6.92 Å². The molecule has 1 heterocycles. The van der Waals surface area contributed by atoms with E-state index in [4.69, 9.17) is 10.5 Å². The van der Waals surface area contributed by atoms with Gasteiger partial charge in [0.15, 0.2) is 0 Å². The minimum Gasteiger partial charge on any atom is -0.377 e. The van der Waals surface area contributed by atoms with Gasteiger partial charge >= 0.3 is 0 Å². The molecule has 2 N–H and O–H groups in total. The largest absolute Gasteiger partial charge is 0.377 e. The van der Waals surface area contributed by atoms with E-state index in [1.165, 1.54) is 0 Å². The van der Waals surface area contributed by atoms with Crippen LogP contribution in [0.5, 0.6) is 0 Å². The molecule has 92 valence electrons. The molecule has 0 saturated heterocycles. The normalized spacial score (nSPS) is 15.0. The van der Waals surface area contributed by atoms with E-state index in [-0.39, 0.29) is 12.1 Å². The molecule has 1 rings (SSSR count). The van der Waals surface area contributed by atoms with Crippen LogP contribution in [0.3, 0.4) is 0 Å². The summed E-state index contributed by atoms with van der Waals surface area (Å²) in [5.41, 5.74) is 6.05. The molecule has 0 aromatic carbocycles. The molecule has 0 radical (unpaired) electrons. The molecule has 0 saturated carbocycles. The highest BCUT2D eigenvalue weighted by Crippen LogP contribution is 2.05. The third kappa shape index (κ3) is 3.57. The quantitative estimate of drug-likeness (QED) is 0.752. The van der Waals surface area contributed by atoms with Crippen LogP contribution >= 0.6 is 0 Å². The number of aromatic nitrogens is 3. The standard InChI is InChI=1S/C11H22N4O/c1-4-6-15-11(13-8-14-15)7-10(12)9(3)16-5-2/h8-10H,4-7,12H2,1-3H3. The zero-order valence-electron chi connectivity index (χ0n) is 10.4. The summed E-state index contributed by atoms with van der Waals surface area (Å²) in [6.45, 7) is 7.67. The number of ether oxygens (including phenoxy) is 1. The fourth-order valence-corrected chi connectivity index (χ4v) is 1.61. The van der Waals surface area contributed by atoms with E-state index in [1.807, 2.05) is 18.5 Å². The molecule has 2 atom stereocenters. The Balaban J connectivity index is 2.54. The second-order valence-corrected chi connectivity index (χ2v) is 3.93. The van der Waals surface area contributed by atoms with Gasteiger partial charge in [-0.25, -0.2) is 4.98 Å². The van der Waals surface area contributed by atoms with Crippen LogP contribution in [0.2, 0.25) is 0 Å². The Morgan fingerprint density at radius 2 is 2.25 bits per heavy atom. The first-order valence-electron chi connectivity index (χ1n) is 5.92. The van der Waals surface area contributed by atoms with E-state index in [0.717, 1.165) is 18.8 Å². The number of hydrogen-bond donors (Lipinski definition) is 1. The smallest absolute Gasteiger partial charge is 0.138 e. The summed E-state index contributed by atoms with van der Waals surface area (Å²) in [4.78, 5) is 4.23. The fourth-order valence-electron chi connectivity index (χ4n) is 1.61. The molecule has 0 aliphatic rings. The van der Waals surface area contributed by atoms with Gasteiger partial charge in [0, 0.05) is 25.6 Å². The molecular weight excluding hydrogens is 204 g/mol. The number of nitrogens with two attached hydrogens (primary N) is 1. The molecule has 0 aliphatic heterocycles. The second-order valence-electron chi connectivity index (χ2n) is 3.93. The van der Waals surface area contributed by atoms with Crippen LogP contribution in [0.15, 0.2) is 6.33 Å². The summed E-state index contributed by atoms with van der Waals surface area (Å²) in [6.07, 6.45) is 3.40.